The minimum absolute atomic E-state index is 0.000920. The summed E-state index contributed by atoms with van der Waals surface area (Å²) in [6.45, 7) is 1.24. The number of carbonyl (C=O) groups excluding carboxylic acids is 2. The van der Waals surface area contributed by atoms with Gasteiger partial charge in [0.1, 0.15) is 6.04 Å². The molecule has 0 radical (unpaired) electrons. The highest BCUT2D eigenvalue weighted by Gasteiger charge is 2.39. The van der Waals surface area contributed by atoms with Gasteiger partial charge in [-0.15, -0.1) is 0 Å². The number of nitrogens with zero attached hydrogens (tertiary/aromatic N) is 1. The molecule has 0 aromatic heterocycles. The van der Waals surface area contributed by atoms with Gasteiger partial charge in [-0.1, -0.05) is 12.8 Å². The molecule has 3 unspecified atom stereocenters. The van der Waals surface area contributed by atoms with Gasteiger partial charge in [0.25, 0.3) is 0 Å². The van der Waals surface area contributed by atoms with Crippen molar-refractivity contribution in [2.24, 2.45) is 17.6 Å². The Labute approximate surface area is 120 Å². The van der Waals surface area contributed by atoms with Gasteiger partial charge in [-0.05, 0) is 44.6 Å². The van der Waals surface area contributed by atoms with Crippen molar-refractivity contribution in [3.63, 3.8) is 0 Å². The van der Waals surface area contributed by atoms with E-state index in [1.54, 1.807) is 4.90 Å². The van der Waals surface area contributed by atoms with E-state index in [0.717, 1.165) is 44.9 Å². The van der Waals surface area contributed by atoms with Gasteiger partial charge in [0, 0.05) is 12.5 Å². The molecule has 2 fully saturated rings. The average molecular weight is 282 g/mol. The van der Waals surface area contributed by atoms with E-state index in [1.165, 1.54) is 7.11 Å². The second-order valence-electron chi connectivity index (χ2n) is 5.95. The van der Waals surface area contributed by atoms with Crippen molar-refractivity contribution in [3.05, 3.63) is 0 Å². The van der Waals surface area contributed by atoms with Crippen molar-refractivity contribution < 1.29 is 14.3 Å². The second-order valence-corrected chi connectivity index (χ2v) is 5.95. The lowest BCUT2D eigenvalue weighted by molar-refractivity contribution is -0.157. The third kappa shape index (κ3) is 3.14. The highest BCUT2D eigenvalue weighted by Crippen LogP contribution is 2.32. The summed E-state index contributed by atoms with van der Waals surface area (Å²) in [5.74, 6) is 0.115. The minimum Gasteiger partial charge on any atom is -0.467 e. The highest BCUT2D eigenvalue weighted by molar-refractivity contribution is 5.86. The summed E-state index contributed by atoms with van der Waals surface area (Å²) >= 11 is 0. The molecule has 3 atom stereocenters. The third-order valence-corrected chi connectivity index (χ3v) is 4.79. The number of methoxy groups -OCH3 is 1. The summed E-state index contributed by atoms with van der Waals surface area (Å²) < 4.78 is 4.85. The monoisotopic (exact) mass is 282 g/mol. The van der Waals surface area contributed by atoms with E-state index in [0.29, 0.717) is 13.1 Å². The molecule has 1 saturated carbocycles. The molecule has 0 spiro atoms. The van der Waals surface area contributed by atoms with E-state index < -0.39 is 0 Å². The Morgan fingerprint density at radius 3 is 2.55 bits per heavy atom. The summed E-state index contributed by atoms with van der Waals surface area (Å²) in [7, 11) is 1.39. The molecule has 20 heavy (non-hydrogen) atoms. The van der Waals surface area contributed by atoms with E-state index in [4.69, 9.17) is 10.5 Å². The lowest BCUT2D eigenvalue weighted by Crippen LogP contribution is -2.52. The van der Waals surface area contributed by atoms with E-state index in [1.807, 2.05) is 0 Å². The Balaban J connectivity index is 2.10. The fraction of sp³-hybridized carbons (Fsp3) is 0.867. The number of ether oxygens (including phenoxy) is 1. The molecule has 1 amide bonds. The number of hydrogen-bond donors (Lipinski definition) is 1. The van der Waals surface area contributed by atoms with Crippen LogP contribution >= 0.6 is 0 Å². The van der Waals surface area contributed by atoms with Crippen molar-refractivity contribution in [2.45, 2.75) is 51.0 Å². The van der Waals surface area contributed by atoms with Crippen molar-refractivity contribution in [1.29, 1.82) is 0 Å². The zero-order chi connectivity index (χ0) is 14.5. The lowest BCUT2D eigenvalue weighted by atomic mass is 9.78. The summed E-state index contributed by atoms with van der Waals surface area (Å²) in [5.41, 5.74) is 5.82. The Morgan fingerprint density at radius 1 is 1.15 bits per heavy atom. The van der Waals surface area contributed by atoms with Crippen LogP contribution in [0.2, 0.25) is 0 Å². The molecule has 2 N–H and O–H groups in total. The molecule has 1 saturated heterocycles. The van der Waals surface area contributed by atoms with Crippen LogP contribution in [0.25, 0.3) is 0 Å². The van der Waals surface area contributed by atoms with Gasteiger partial charge >= 0.3 is 5.97 Å². The molecule has 2 rings (SSSR count). The van der Waals surface area contributed by atoms with E-state index in [-0.39, 0.29) is 29.8 Å². The van der Waals surface area contributed by atoms with Crippen LogP contribution in [0.5, 0.6) is 0 Å². The van der Waals surface area contributed by atoms with Gasteiger partial charge in [0.05, 0.1) is 7.11 Å². The topological polar surface area (TPSA) is 72.6 Å². The predicted molar refractivity (Wildman–Crippen MR) is 75.9 cm³/mol. The van der Waals surface area contributed by atoms with Crippen molar-refractivity contribution in [2.75, 3.05) is 20.2 Å². The van der Waals surface area contributed by atoms with E-state index >= 15 is 0 Å². The van der Waals surface area contributed by atoms with Gasteiger partial charge < -0.3 is 15.4 Å². The first-order valence-corrected chi connectivity index (χ1v) is 7.77. The summed E-state index contributed by atoms with van der Waals surface area (Å²) in [6.07, 6.45) is 6.86. The molecule has 0 aromatic carbocycles. The van der Waals surface area contributed by atoms with Crippen molar-refractivity contribution in [3.8, 4) is 0 Å². The van der Waals surface area contributed by atoms with Crippen LogP contribution in [0.4, 0.5) is 0 Å². The molecule has 1 aliphatic heterocycles. The normalized spacial score (nSPS) is 30.9. The molecule has 1 aliphatic carbocycles. The Kier molecular flexibility index (Phi) is 5.40. The number of amides is 1. The first-order chi connectivity index (χ1) is 9.69. The number of rotatable bonds is 3. The molecule has 5 nitrogen and oxygen atoms in total. The maximum atomic E-state index is 12.8. The van der Waals surface area contributed by atoms with Crippen LogP contribution in [0.3, 0.4) is 0 Å². The number of nitrogens with two attached hydrogens (primary N) is 1. The van der Waals surface area contributed by atoms with Gasteiger partial charge in [-0.3, -0.25) is 4.79 Å². The van der Waals surface area contributed by atoms with Crippen LogP contribution in [0.1, 0.15) is 44.9 Å². The first-order valence-electron chi connectivity index (χ1n) is 7.77. The maximum Gasteiger partial charge on any atom is 0.328 e. The summed E-state index contributed by atoms with van der Waals surface area (Å²) in [5, 5.41) is 0. The third-order valence-electron chi connectivity index (χ3n) is 4.79. The molecular weight excluding hydrogens is 256 g/mol. The van der Waals surface area contributed by atoms with Gasteiger partial charge in [-0.25, -0.2) is 4.79 Å². The fourth-order valence-corrected chi connectivity index (χ4v) is 3.60. The molecule has 2 aliphatic rings. The van der Waals surface area contributed by atoms with Gasteiger partial charge in [0.2, 0.25) is 5.91 Å². The number of carbonyl (C=O) groups is 2. The number of esters is 1. The standard InChI is InChI=1S/C15H26N2O3/c1-20-15(19)13-8-4-5-9-17(13)14(18)12-7-3-2-6-11(12)10-16/h11-13H,2-10,16H2,1H3. The molecule has 5 heteroatoms. The number of piperidine rings is 1. The Bertz CT molecular complexity index is 359. The van der Waals surface area contributed by atoms with E-state index in [2.05, 4.69) is 0 Å². The first kappa shape index (κ1) is 15.3. The number of likely N-dealkylation sites (tertiary alicyclic amines) is 1. The van der Waals surface area contributed by atoms with Gasteiger partial charge in [-0.2, -0.15) is 0 Å². The van der Waals surface area contributed by atoms with Gasteiger partial charge in [0.15, 0.2) is 0 Å². The van der Waals surface area contributed by atoms with Crippen LogP contribution in [0, 0.1) is 11.8 Å². The Hall–Kier alpha value is -1.10. The molecule has 114 valence electrons. The Morgan fingerprint density at radius 2 is 1.85 bits per heavy atom. The fourth-order valence-electron chi connectivity index (χ4n) is 3.60. The zero-order valence-corrected chi connectivity index (χ0v) is 12.3. The summed E-state index contributed by atoms with van der Waals surface area (Å²) in [6, 6.07) is -0.387. The average Bonchev–Trinajstić information content (AvgIpc) is 2.53. The van der Waals surface area contributed by atoms with Crippen LogP contribution in [0.15, 0.2) is 0 Å². The SMILES string of the molecule is COC(=O)C1CCCCN1C(=O)C1CCCCC1CN. The molecule has 1 heterocycles. The van der Waals surface area contributed by atoms with Crippen molar-refractivity contribution >= 4 is 11.9 Å². The highest BCUT2D eigenvalue weighted by atomic mass is 16.5. The minimum atomic E-state index is -0.387. The quantitative estimate of drug-likeness (QED) is 0.792. The van der Waals surface area contributed by atoms with Crippen LogP contribution in [-0.4, -0.2) is 43.0 Å². The van der Waals surface area contributed by atoms with E-state index in [9.17, 15) is 9.59 Å². The number of hydrogen-bond acceptors (Lipinski definition) is 4. The predicted octanol–water partition coefficient (Wildman–Crippen LogP) is 1.31. The smallest absolute Gasteiger partial charge is 0.328 e. The second kappa shape index (κ2) is 7.07. The molecular formula is C15H26N2O3. The lowest BCUT2D eigenvalue weighted by Gasteiger charge is -2.39. The molecule has 0 aromatic rings. The molecule has 0 bridgehead atoms. The van der Waals surface area contributed by atoms with Crippen LogP contribution in [-0.2, 0) is 14.3 Å². The zero-order valence-electron chi connectivity index (χ0n) is 12.3. The maximum absolute atomic E-state index is 12.8. The largest absolute Gasteiger partial charge is 0.467 e. The van der Waals surface area contributed by atoms with Crippen molar-refractivity contribution in [1.82, 2.24) is 4.90 Å². The van der Waals surface area contributed by atoms with Crippen LogP contribution < -0.4 is 5.73 Å². The summed E-state index contributed by atoms with van der Waals surface area (Å²) in [4.78, 5) is 26.4.